The average molecular weight is 575 g/mol. The number of benzene rings is 3. The third-order valence-electron chi connectivity index (χ3n) is 7.85. The van der Waals surface area contributed by atoms with Crippen LogP contribution in [0.15, 0.2) is 66.7 Å². The molecule has 0 radical (unpaired) electrons. The van der Waals surface area contributed by atoms with Crippen molar-refractivity contribution in [1.29, 1.82) is 0 Å². The lowest BCUT2D eigenvalue weighted by atomic mass is 9.92. The van der Waals surface area contributed by atoms with Crippen LogP contribution >= 0.6 is 11.6 Å². The monoisotopic (exact) mass is 574 g/mol. The number of aromatic nitrogens is 1. The third-order valence-corrected chi connectivity index (χ3v) is 8.08. The number of ether oxygens (including phenoxy) is 3. The molecule has 3 aromatic carbocycles. The molecule has 4 aromatic rings. The molecule has 2 aliphatic rings. The topological polar surface area (TPSA) is 93.0 Å². The van der Waals surface area contributed by atoms with Gasteiger partial charge in [0.2, 0.25) is 0 Å². The van der Waals surface area contributed by atoms with Crippen LogP contribution in [0.1, 0.15) is 35.7 Å². The second-order valence-corrected chi connectivity index (χ2v) is 11.0. The van der Waals surface area contributed by atoms with Gasteiger partial charge in [-0.25, -0.2) is 4.79 Å². The summed E-state index contributed by atoms with van der Waals surface area (Å²) < 4.78 is 17.2. The third kappa shape index (κ3) is 6.30. The number of carbonyl (C=O) groups excluding carboxylic acids is 1. The Kier molecular flexibility index (Phi) is 8.32. The van der Waals surface area contributed by atoms with Gasteiger partial charge in [-0.15, -0.1) is 0 Å². The number of anilines is 1. The summed E-state index contributed by atoms with van der Waals surface area (Å²) in [6.45, 7) is 5.93. The fourth-order valence-corrected chi connectivity index (χ4v) is 5.87. The highest BCUT2D eigenvalue weighted by molar-refractivity contribution is 6.31. The van der Waals surface area contributed by atoms with Gasteiger partial charge in [0.1, 0.15) is 17.5 Å². The van der Waals surface area contributed by atoms with E-state index >= 15 is 0 Å². The van der Waals surface area contributed by atoms with Crippen LogP contribution in [0.4, 0.5) is 10.5 Å². The predicted molar refractivity (Wildman–Crippen MR) is 161 cm³/mol. The number of nitrogen functional groups attached to an aromatic ring is 1. The van der Waals surface area contributed by atoms with E-state index in [1.54, 1.807) is 29.2 Å². The first-order chi connectivity index (χ1) is 20.0. The summed E-state index contributed by atoms with van der Waals surface area (Å²) in [5.41, 5.74) is 10.5. The number of morpholine rings is 1. The first-order valence-corrected chi connectivity index (χ1v) is 14.6. The van der Waals surface area contributed by atoms with Crippen LogP contribution in [0.5, 0.6) is 11.5 Å². The second-order valence-electron chi connectivity index (χ2n) is 10.6. The van der Waals surface area contributed by atoms with Gasteiger partial charge in [0.05, 0.1) is 19.8 Å². The quantitative estimate of drug-likeness (QED) is 0.197. The lowest BCUT2D eigenvalue weighted by Crippen LogP contribution is -2.42. The number of rotatable bonds is 8. The Labute approximate surface area is 244 Å². The first-order valence-electron chi connectivity index (χ1n) is 14.2. The molecule has 41 heavy (non-hydrogen) atoms. The molecule has 0 aliphatic carbocycles. The molecule has 8 nitrogen and oxygen atoms in total. The van der Waals surface area contributed by atoms with Crippen molar-refractivity contribution in [2.45, 2.75) is 25.3 Å². The Morgan fingerprint density at radius 2 is 1.73 bits per heavy atom. The zero-order chi connectivity index (χ0) is 28.2. The number of hydrogen-bond acceptors (Lipinski definition) is 6. The number of halogens is 1. The van der Waals surface area contributed by atoms with Gasteiger partial charge in [-0.3, -0.25) is 9.80 Å². The number of unbranched alkanes of at least 4 members (excludes halogenated alkanes) is 1. The number of nitrogens with one attached hydrogen (secondary N) is 1. The van der Waals surface area contributed by atoms with Crippen molar-refractivity contribution in [2.75, 3.05) is 51.7 Å². The molecule has 1 aromatic heterocycles. The van der Waals surface area contributed by atoms with Gasteiger partial charge in [0.25, 0.3) is 0 Å². The Morgan fingerprint density at radius 3 is 2.51 bits per heavy atom. The van der Waals surface area contributed by atoms with E-state index < -0.39 is 6.09 Å². The summed E-state index contributed by atoms with van der Waals surface area (Å²) in [5.74, 6) is 1.27. The van der Waals surface area contributed by atoms with E-state index in [4.69, 9.17) is 31.5 Å². The summed E-state index contributed by atoms with van der Waals surface area (Å²) in [6, 6.07) is 20.4. The molecule has 9 heteroatoms. The van der Waals surface area contributed by atoms with Crippen LogP contribution in [-0.4, -0.2) is 66.9 Å². The molecule has 3 heterocycles. The summed E-state index contributed by atoms with van der Waals surface area (Å²) in [4.78, 5) is 21.3. The summed E-state index contributed by atoms with van der Waals surface area (Å²) in [5, 5.41) is 1.77. The fraction of sp³-hybridized carbons (Fsp3) is 0.344. The van der Waals surface area contributed by atoms with Crippen LogP contribution in [0.25, 0.3) is 10.9 Å². The smallest absolute Gasteiger partial charge is 0.416 e. The van der Waals surface area contributed by atoms with Gasteiger partial charge in [0.15, 0.2) is 0 Å². The minimum absolute atomic E-state index is 0.353. The SMILES string of the molecule is Nc1ccc(OC(=O)N2CCc3c([nH]c4ccc(Cl)cc34)C2c2ccc(OCCCCN3CCOCC3)cc2)cc1. The standard InChI is InChI=1S/C32H35ClN4O4/c33-23-5-12-29-28(21-23)27-13-15-37(32(38)41-26-10-6-24(34)7-11-26)31(30(27)35-29)22-3-8-25(9-4-22)40-18-2-1-14-36-16-19-39-20-17-36/h3-12,21,31,35H,1-2,13-20,34H2. The van der Waals surface area contributed by atoms with Gasteiger partial charge in [-0.1, -0.05) is 23.7 Å². The van der Waals surface area contributed by atoms with Crippen molar-refractivity contribution in [3.63, 3.8) is 0 Å². The van der Waals surface area contributed by atoms with Crippen LogP contribution < -0.4 is 15.2 Å². The molecule has 6 rings (SSSR count). The second kappa shape index (κ2) is 12.4. The minimum Gasteiger partial charge on any atom is -0.494 e. The van der Waals surface area contributed by atoms with Crippen molar-refractivity contribution in [2.24, 2.45) is 0 Å². The Hall–Kier alpha value is -3.72. The van der Waals surface area contributed by atoms with Crippen molar-refractivity contribution in [1.82, 2.24) is 14.8 Å². The molecule has 1 amide bonds. The fourth-order valence-electron chi connectivity index (χ4n) is 5.70. The molecule has 214 valence electrons. The summed E-state index contributed by atoms with van der Waals surface area (Å²) in [6.07, 6.45) is 2.36. The largest absolute Gasteiger partial charge is 0.494 e. The molecule has 2 aliphatic heterocycles. The molecular formula is C32H35ClN4O4. The van der Waals surface area contributed by atoms with Crippen molar-refractivity contribution >= 4 is 34.3 Å². The zero-order valence-corrected chi connectivity index (χ0v) is 23.7. The van der Waals surface area contributed by atoms with Gasteiger partial charge < -0.3 is 24.9 Å². The number of nitrogens with zero attached hydrogens (tertiary/aromatic N) is 2. The lowest BCUT2D eigenvalue weighted by Gasteiger charge is -2.35. The summed E-state index contributed by atoms with van der Waals surface area (Å²) in [7, 11) is 0. The number of H-pyrrole nitrogens is 1. The first kappa shape index (κ1) is 27.4. The maximum absolute atomic E-state index is 13.5. The number of amides is 1. The normalized spacial score (nSPS) is 17.4. The number of fused-ring (bicyclic) bond motifs is 3. The van der Waals surface area contributed by atoms with E-state index in [1.807, 2.05) is 42.5 Å². The number of carbonyl (C=O) groups is 1. The van der Waals surface area contributed by atoms with Crippen LogP contribution in [0.2, 0.25) is 5.02 Å². The molecule has 0 spiro atoms. The summed E-state index contributed by atoms with van der Waals surface area (Å²) >= 11 is 6.34. The van der Waals surface area contributed by atoms with E-state index in [0.29, 0.717) is 36.0 Å². The average Bonchev–Trinajstić information content (AvgIpc) is 3.36. The van der Waals surface area contributed by atoms with Crippen molar-refractivity contribution in [3.8, 4) is 11.5 Å². The van der Waals surface area contributed by atoms with E-state index in [9.17, 15) is 4.79 Å². The maximum Gasteiger partial charge on any atom is 0.416 e. The minimum atomic E-state index is -0.414. The molecule has 3 N–H and O–H groups in total. The van der Waals surface area contributed by atoms with Gasteiger partial charge in [-0.05, 0) is 91.5 Å². The van der Waals surface area contributed by atoms with Crippen molar-refractivity contribution < 1.29 is 19.0 Å². The predicted octanol–water partition coefficient (Wildman–Crippen LogP) is 6.04. The van der Waals surface area contributed by atoms with Gasteiger partial charge in [0, 0.05) is 46.9 Å². The molecule has 1 fully saturated rings. The molecular weight excluding hydrogens is 540 g/mol. The number of hydrogen-bond donors (Lipinski definition) is 2. The lowest BCUT2D eigenvalue weighted by molar-refractivity contribution is 0.0368. The highest BCUT2D eigenvalue weighted by Gasteiger charge is 2.35. The van der Waals surface area contributed by atoms with Crippen LogP contribution in [0.3, 0.4) is 0 Å². The van der Waals surface area contributed by atoms with E-state index in [1.165, 1.54) is 5.56 Å². The van der Waals surface area contributed by atoms with E-state index in [2.05, 4.69) is 9.88 Å². The highest BCUT2D eigenvalue weighted by atomic mass is 35.5. The Balaban J connectivity index is 1.19. The number of aromatic amines is 1. The van der Waals surface area contributed by atoms with Gasteiger partial charge in [-0.2, -0.15) is 0 Å². The maximum atomic E-state index is 13.5. The van der Waals surface area contributed by atoms with E-state index in [-0.39, 0.29) is 6.04 Å². The molecule has 0 saturated carbocycles. The van der Waals surface area contributed by atoms with Crippen molar-refractivity contribution in [3.05, 3.63) is 88.6 Å². The Morgan fingerprint density at radius 1 is 0.976 bits per heavy atom. The van der Waals surface area contributed by atoms with E-state index in [0.717, 1.165) is 73.6 Å². The highest BCUT2D eigenvalue weighted by Crippen LogP contribution is 2.40. The Bertz CT molecular complexity index is 1480. The van der Waals surface area contributed by atoms with Gasteiger partial charge >= 0.3 is 6.09 Å². The molecule has 1 saturated heterocycles. The van der Waals surface area contributed by atoms with Crippen LogP contribution in [0, 0.1) is 0 Å². The molecule has 1 unspecified atom stereocenters. The molecule has 0 bridgehead atoms. The van der Waals surface area contributed by atoms with Crippen LogP contribution in [-0.2, 0) is 11.2 Å². The number of nitrogens with two attached hydrogens (primary N) is 1. The molecule has 1 atom stereocenters. The zero-order valence-electron chi connectivity index (χ0n) is 23.0.